The molecule has 1 amide bonds. The van der Waals surface area contributed by atoms with Crippen molar-refractivity contribution in [3.05, 3.63) is 40.3 Å². The van der Waals surface area contributed by atoms with Gasteiger partial charge in [0.15, 0.2) is 0 Å². The van der Waals surface area contributed by atoms with Gasteiger partial charge in [-0.3, -0.25) is 14.4 Å². The Kier molecular flexibility index (Phi) is 4.02. The number of aliphatic carboxylic acids is 1. The van der Waals surface area contributed by atoms with Crippen molar-refractivity contribution in [1.29, 1.82) is 0 Å². The molecule has 0 aliphatic heterocycles. The second-order valence-corrected chi connectivity index (χ2v) is 4.73. The van der Waals surface area contributed by atoms with E-state index in [9.17, 15) is 14.4 Å². The molecule has 2 aromatic rings. The summed E-state index contributed by atoms with van der Waals surface area (Å²) in [6, 6.07) is 5.90. The summed E-state index contributed by atoms with van der Waals surface area (Å²) < 4.78 is 1.17. The van der Waals surface area contributed by atoms with Crippen molar-refractivity contribution >= 4 is 22.6 Å². The van der Waals surface area contributed by atoms with Crippen molar-refractivity contribution in [3.63, 3.8) is 0 Å². The number of carboxylic acids is 1. The van der Waals surface area contributed by atoms with Gasteiger partial charge in [-0.25, -0.2) is 4.68 Å². The number of nitrogens with zero attached hydrogens (tertiary/aromatic N) is 2. The molecule has 0 aliphatic rings. The number of aryl methyl sites for hydroxylation is 1. The van der Waals surface area contributed by atoms with E-state index in [1.807, 2.05) is 0 Å². The summed E-state index contributed by atoms with van der Waals surface area (Å²) in [6.07, 6.45) is -0.0910. The number of carbonyl (C=O) groups is 2. The first-order valence-electron chi connectivity index (χ1n) is 6.37. The molecule has 0 bridgehead atoms. The number of rotatable bonds is 4. The molecule has 0 spiro atoms. The summed E-state index contributed by atoms with van der Waals surface area (Å²) in [5.41, 5.74) is 0.191. The van der Waals surface area contributed by atoms with E-state index >= 15 is 0 Å². The molecule has 0 radical (unpaired) electrons. The zero-order valence-electron chi connectivity index (χ0n) is 11.7. The molecule has 2 rings (SSSR count). The lowest BCUT2D eigenvalue weighted by molar-refractivity contribution is -0.141. The van der Waals surface area contributed by atoms with E-state index in [2.05, 4.69) is 10.4 Å². The van der Waals surface area contributed by atoms with Gasteiger partial charge < -0.3 is 10.4 Å². The Bertz CT molecular complexity index is 766. The number of carboxylic acid groups (broad SMARTS) is 1. The Labute approximate surface area is 120 Å². The van der Waals surface area contributed by atoms with E-state index in [0.717, 1.165) is 0 Å². The van der Waals surface area contributed by atoms with Crippen LogP contribution in [-0.4, -0.2) is 32.8 Å². The average molecular weight is 289 g/mol. The van der Waals surface area contributed by atoms with Crippen LogP contribution in [0.15, 0.2) is 29.1 Å². The van der Waals surface area contributed by atoms with Crippen molar-refractivity contribution in [2.45, 2.75) is 19.4 Å². The molecule has 0 fully saturated rings. The lowest BCUT2D eigenvalue weighted by Gasteiger charge is -2.11. The second kappa shape index (κ2) is 5.74. The molecule has 7 heteroatoms. The van der Waals surface area contributed by atoms with Gasteiger partial charge in [0.25, 0.3) is 5.56 Å². The van der Waals surface area contributed by atoms with Gasteiger partial charge in [-0.15, -0.1) is 0 Å². The Morgan fingerprint density at radius 2 is 1.95 bits per heavy atom. The molecular weight excluding hydrogens is 274 g/mol. The van der Waals surface area contributed by atoms with Gasteiger partial charge in [0.05, 0.1) is 17.5 Å². The van der Waals surface area contributed by atoms with Crippen molar-refractivity contribution in [3.8, 4) is 0 Å². The van der Waals surface area contributed by atoms with Crippen molar-refractivity contribution in [2.75, 3.05) is 0 Å². The summed E-state index contributed by atoms with van der Waals surface area (Å²) in [7, 11) is 1.51. The van der Waals surface area contributed by atoms with Crippen LogP contribution < -0.4 is 10.9 Å². The zero-order valence-corrected chi connectivity index (χ0v) is 11.7. The topological polar surface area (TPSA) is 101 Å². The fraction of sp³-hybridized carbons (Fsp3) is 0.286. The van der Waals surface area contributed by atoms with Crippen molar-refractivity contribution in [1.82, 2.24) is 15.1 Å². The van der Waals surface area contributed by atoms with E-state index in [1.54, 1.807) is 24.3 Å². The Morgan fingerprint density at radius 1 is 1.33 bits per heavy atom. The van der Waals surface area contributed by atoms with Crippen LogP contribution >= 0.6 is 0 Å². The van der Waals surface area contributed by atoms with E-state index in [-0.39, 0.29) is 12.0 Å². The molecule has 0 unspecified atom stereocenters. The van der Waals surface area contributed by atoms with Crippen LogP contribution in [0.2, 0.25) is 0 Å². The first-order valence-corrected chi connectivity index (χ1v) is 6.37. The summed E-state index contributed by atoms with van der Waals surface area (Å²) in [6.45, 7) is 1.38. The summed E-state index contributed by atoms with van der Waals surface area (Å²) in [5, 5.41) is 16.3. The van der Waals surface area contributed by atoms with E-state index in [1.165, 1.54) is 18.7 Å². The Hall–Kier alpha value is -2.70. The summed E-state index contributed by atoms with van der Waals surface area (Å²) >= 11 is 0. The van der Waals surface area contributed by atoms with Gasteiger partial charge >= 0.3 is 5.97 Å². The van der Waals surface area contributed by atoms with Crippen molar-refractivity contribution in [2.24, 2.45) is 7.05 Å². The molecule has 21 heavy (non-hydrogen) atoms. The predicted octanol–water partition coefficient (Wildman–Crippen LogP) is 0.0653. The summed E-state index contributed by atoms with van der Waals surface area (Å²) in [5.74, 6) is -1.57. The number of fused-ring (bicyclic) bond motifs is 1. The van der Waals surface area contributed by atoms with E-state index < -0.39 is 17.9 Å². The van der Waals surface area contributed by atoms with Crippen LogP contribution in [-0.2, 0) is 23.1 Å². The van der Waals surface area contributed by atoms with Crippen LogP contribution in [0.5, 0.6) is 0 Å². The van der Waals surface area contributed by atoms with Gasteiger partial charge in [0, 0.05) is 12.4 Å². The zero-order chi connectivity index (χ0) is 15.6. The molecule has 1 aromatic carbocycles. The summed E-state index contributed by atoms with van der Waals surface area (Å²) in [4.78, 5) is 34.5. The highest BCUT2D eigenvalue weighted by molar-refractivity contribution is 5.89. The first-order chi connectivity index (χ1) is 9.90. The van der Waals surface area contributed by atoms with Crippen molar-refractivity contribution < 1.29 is 14.7 Å². The fourth-order valence-electron chi connectivity index (χ4n) is 2.01. The highest BCUT2D eigenvalue weighted by Gasteiger charge is 2.16. The molecule has 0 aliphatic carbocycles. The van der Waals surface area contributed by atoms with E-state index in [4.69, 9.17) is 5.11 Å². The van der Waals surface area contributed by atoms with Gasteiger partial charge in [0.1, 0.15) is 6.04 Å². The van der Waals surface area contributed by atoms with Gasteiger partial charge in [-0.05, 0) is 13.0 Å². The third-order valence-corrected chi connectivity index (χ3v) is 3.11. The van der Waals surface area contributed by atoms with Crippen LogP contribution in [0, 0.1) is 0 Å². The molecule has 0 saturated heterocycles. The second-order valence-electron chi connectivity index (χ2n) is 4.73. The smallest absolute Gasteiger partial charge is 0.325 e. The molecule has 0 saturated carbocycles. The monoisotopic (exact) mass is 289 g/mol. The first kappa shape index (κ1) is 14.7. The maximum Gasteiger partial charge on any atom is 0.325 e. The largest absolute Gasteiger partial charge is 0.480 e. The quantitative estimate of drug-likeness (QED) is 0.829. The SMILES string of the molecule is C[C@@H](NC(=O)Cc1nn(C)c(=O)c2ccccc12)C(=O)O. The molecule has 1 atom stereocenters. The number of benzene rings is 1. The molecule has 7 nitrogen and oxygen atoms in total. The number of hydrogen-bond donors (Lipinski definition) is 2. The van der Waals surface area contributed by atoms with Crippen LogP contribution in [0.25, 0.3) is 10.8 Å². The minimum Gasteiger partial charge on any atom is -0.480 e. The highest BCUT2D eigenvalue weighted by Crippen LogP contribution is 2.13. The van der Waals surface area contributed by atoms with Crippen LogP contribution in [0.3, 0.4) is 0 Å². The molecule has 1 aromatic heterocycles. The van der Waals surface area contributed by atoms with Gasteiger partial charge in [0.2, 0.25) is 5.91 Å². The number of carbonyl (C=O) groups excluding carboxylic acids is 1. The number of aromatic nitrogens is 2. The Morgan fingerprint density at radius 3 is 2.57 bits per heavy atom. The maximum atomic E-state index is 12.0. The fourth-order valence-corrected chi connectivity index (χ4v) is 2.01. The predicted molar refractivity (Wildman–Crippen MR) is 75.9 cm³/mol. The molecule has 2 N–H and O–H groups in total. The van der Waals surface area contributed by atoms with E-state index in [0.29, 0.717) is 16.5 Å². The number of nitrogens with one attached hydrogen (secondary N) is 1. The minimum atomic E-state index is -1.11. The molecular formula is C14H15N3O4. The highest BCUT2D eigenvalue weighted by atomic mass is 16.4. The average Bonchev–Trinajstić information content (AvgIpc) is 2.44. The third kappa shape index (κ3) is 3.07. The normalized spacial score (nSPS) is 12.1. The minimum absolute atomic E-state index is 0.0910. The number of amides is 1. The molecule has 1 heterocycles. The lowest BCUT2D eigenvalue weighted by atomic mass is 10.1. The Balaban J connectivity index is 2.35. The van der Waals surface area contributed by atoms with Crippen LogP contribution in [0.4, 0.5) is 0 Å². The number of hydrogen-bond acceptors (Lipinski definition) is 4. The van der Waals surface area contributed by atoms with Gasteiger partial charge in [-0.1, -0.05) is 18.2 Å². The third-order valence-electron chi connectivity index (χ3n) is 3.11. The molecule has 110 valence electrons. The maximum absolute atomic E-state index is 12.0. The lowest BCUT2D eigenvalue weighted by Crippen LogP contribution is -2.39. The standard InChI is InChI=1S/C14H15N3O4/c1-8(14(20)21)15-12(18)7-11-9-5-3-4-6-10(9)13(19)17(2)16-11/h3-6,8H,7H2,1-2H3,(H,15,18)(H,20,21)/t8-/m1/s1. The van der Waals surface area contributed by atoms with Crippen LogP contribution in [0.1, 0.15) is 12.6 Å². The van der Waals surface area contributed by atoms with Gasteiger partial charge in [-0.2, -0.15) is 5.10 Å².